The summed E-state index contributed by atoms with van der Waals surface area (Å²) in [6, 6.07) is 5.47. The topological polar surface area (TPSA) is 143 Å². The molecular weight excluding hydrogens is 572 g/mol. The molecule has 4 N–H and O–H groups in total. The van der Waals surface area contributed by atoms with Gasteiger partial charge in [0.1, 0.15) is 23.0 Å². The molecule has 3 aliphatic rings. The van der Waals surface area contributed by atoms with E-state index in [1.807, 2.05) is 6.07 Å². The fraction of sp³-hybridized carbons (Fsp3) is 0.455. The molecule has 0 radical (unpaired) electrons. The zero-order valence-corrected chi connectivity index (χ0v) is 26.5. The molecule has 5 heterocycles. The second-order valence-electron chi connectivity index (χ2n) is 12.9. The maximum atomic E-state index is 13.8. The maximum Gasteiger partial charge on any atom is 0.276 e. The molecule has 0 saturated carbocycles. The minimum absolute atomic E-state index is 0.128. The molecule has 2 aliphatic heterocycles. The number of rotatable bonds is 8. The Labute approximate surface area is 262 Å². The van der Waals surface area contributed by atoms with Gasteiger partial charge < -0.3 is 30.0 Å². The van der Waals surface area contributed by atoms with Crippen LogP contribution in [-0.2, 0) is 37.8 Å². The van der Waals surface area contributed by atoms with E-state index in [1.165, 1.54) is 15.8 Å². The van der Waals surface area contributed by atoms with Gasteiger partial charge >= 0.3 is 0 Å². The van der Waals surface area contributed by atoms with E-state index in [9.17, 15) is 14.7 Å². The van der Waals surface area contributed by atoms with Gasteiger partial charge in [-0.2, -0.15) is 0 Å². The van der Waals surface area contributed by atoms with Gasteiger partial charge in [-0.05, 0) is 47.6 Å². The van der Waals surface area contributed by atoms with Gasteiger partial charge in [0.2, 0.25) is 0 Å². The van der Waals surface area contributed by atoms with Crippen molar-refractivity contribution >= 4 is 23.2 Å². The van der Waals surface area contributed by atoms with Crippen molar-refractivity contribution in [3.05, 3.63) is 75.2 Å². The average Bonchev–Trinajstić information content (AvgIpc) is 3.50. The van der Waals surface area contributed by atoms with Crippen LogP contribution in [0, 0.1) is 5.41 Å². The predicted molar refractivity (Wildman–Crippen MR) is 174 cm³/mol. The summed E-state index contributed by atoms with van der Waals surface area (Å²) in [5.41, 5.74) is 12.3. The molecule has 0 atom stereocenters. The Morgan fingerprint density at radius 3 is 2.82 bits per heavy atom. The highest BCUT2D eigenvalue weighted by Gasteiger charge is 2.37. The number of hydrogen-bond donors (Lipinski definition) is 3. The molecule has 238 valence electrons. The first kappa shape index (κ1) is 30.8. The van der Waals surface area contributed by atoms with Crippen LogP contribution in [0.15, 0.2) is 52.2 Å². The minimum atomic E-state index is -0.338. The summed E-state index contributed by atoms with van der Waals surface area (Å²) < 4.78 is 8.80. The van der Waals surface area contributed by atoms with E-state index in [0.29, 0.717) is 54.4 Å². The van der Waals surface area contributed by atoms with Crippen LogP contribution in [0.5, 0.6) is 0 Å². The number of pyridine rings is 2. The Bertz CT molecular complexity index is 1750. The van der Waals surface area contributed by atoms with Crippen molar-refractivity contribution in [3.8, 4) is 11.1 Å². The number of methoxy groups -OCH3 is 1. The predicted octanol–water partition coefficient (Wildman–Crippen LogP) is 1.95. The maximum absolute atomic E-state index is 13.8. The van der Waals surface area contributed by atoms with Crippen molar-refractivity contribution in [2.45, 2.75) is 39.8 Å². The van der Waals surface area contributed by atoms with Gasteiger partial charge in [-0.15, -0.1) is 0 Å². The van der Waals surface area contributed by atoms with E-state index in [1.54, 1.807) is 49.7 Å². The highest BCUT2D eigenvalue weighted by atomic mass is 16.5. The monoisotopic (exact) mass is 614 g/mol. The van der Waals surface area contributed by atoms with Gasteiger partial charge in [-0.3, -0.25) is 19.4 Å². The second-order valence-corrected chi connectivity index (χ2v) is 12.9. The smallest absolute Gasteiger partial charge is 0.276 e. The van der Waals surface area contributed by atoms with E-state index < -0.39 is 0 Å². The summed E-state index contributed by atoms with van der Waals surface area (Å²) in [6.45, 7) is 9.10. The molecule has 1 amide bonds. The van der Waals surface area contributed by atoms with Gasteiger partial charge in [0.25, 0.3) is 11.5 Å². The number of nitrogens with zero attached hydrogens (tertiary/aromatic N) is 6. The van der Waals surface area contributed by atoms with Crippen molar-refractivity contribution in [3.63, 3.8) is 0 Å². The molecule has 6 rings (SSSR count). The third kappa shape index (κ3) is 6.05. The molecule has 1 fully saturated rings. The number of amides is 1. The average molecular weight is 615 g/mol. The van der Waals surface area contributed by atoms with Gasteiger partial charge in [0, 0.05) is 94.4 Å². The van der Waals surface area contributed by atoms with Crippen LogP contribution in [0.3, 0.4) is 0 Å². The van der Waals surface area contributed by atoms with Crippen LogP contribution < -0.4 is 21.5 Å². The number of aromatic nitrogens is 3. The lowest BCUT2D eigenvalue weighted by atomic mass is 9.90. The molecule has 0 bridgehead atoms. The third-order valence-electron chi connectivity index (χ3n) is 8.90. The molecule has 45 heavy (non-hydrogen) atoms. The summed E-state index contributed by atoms with van der Waals surface area (Å²) >= 11 is 0. The fourth-order valence-electron chi connectivity index (χ4n) is 6.78. The second kappa shape index (κ2) is 12.3. The number of nitrogens with two attached hydrogens (primary N) is 1. The summed E-state index contributed by atoms with van der Waals surface area (Å²) in [4.78, 5) is 39.9. The van der Waals surface area contributed by atoms with E-state index >= 15 is 0 Å². The van der Waals surface area contributed by atoms with E-state index in [2.05, 4.69) is 38.6 Å². The first-order valence-electron chi connectivity index (χ1n) is 15.4. The van der Waals surface area contributed by atoms with Crippen molar-refractivity contribution in [1.82, 2.24) is 24.3 Å². The van der Waals surface area contributed by atoms with Crippen molar-refractivity contribution in [2.75, 3.05) is 51.3 Å². The molecule has 0 aromatic carbocycles. The lowest BCUT2D eigenvalue weighted by molar-refractivity contribution is 0.0962. The number of ether oxygens (including phenoxy) is 1. The first-order valence-corrected chi connectivity index (χ1v) is 15.4. The van der Waals surface area contributed by atoms with Gasteiger partial charge in [-0.25, -0.2) is 9.98 Å². The number of amidine groups is 1. The molecule has 1 aliphatic carbocycles. The summed E-state index contributed by atoms with van der Waals surface area (Å²) in [5.74, 6) is 0.490. The SMILES string of the molecule is COCCN1CCN/C(=C\C(N)=Nc2cc(-c3ccnc(N4CCn5c(cc6c5CC(C)(C)C6)C4=O)c3CO)cn(C)c2=O)C1. The van der Waals surface area contributed by atoms with E-state index in [-0.39, 0.29) is 35.0 Å². The van der Waals surface area contributed by atoms with Crippen LogP contribution >= 0.6 is 0 Å². The zero-order chi connectivity index (χ0) is 31.9. The molecule has 0 spiro atoms. The van der Waals surface area contributed by atoms with Crippen molar-refractivity contribution in [1.29, 1.82) is 0 Å². The lowest BCUT2D eigenvalue weighted by Crippen LogP contribution is -2.43. The quantitative estimate of drug-likeness (QED) is 0.258. The number of aliphatic hydroxyl groups is 1. The number of nitrogens with one attached hydrogen (secondary N) is 1. The number of carbonyl (C=O) groups is 1. The third-order valence-corrected chi connectivity index (χ3v) is 8.90. The zero-order valence-electron chi connectivity index (χ0n) is 26.5. The lowest BCUT2D eigenvalue weighted by Gasteiger charge is -2.31. The molecular formula is C33H42N8O4. The van der Waals surface area contributed by atoms with Crippen LogP contribution in [0.4, 0.5) is 11.5 Å². The number of carbonyl (C=O) groups excluding carboxylic acids is 1. The van der Waals surface area contributed by atoms with Crippen LogP contribution in [0.25, 0.3) is 11.1 Å². The highest BCUT2D eigenvalue weighted by Crippen LogP contribution is 2.40. The summed E-state index contributed by atoms with van der Waals surface area (Å²) in [6.07, 6.45) is 6.98. The van der Waals surface area contributed by atoms with Crippen molar-refractivity contribution < 1.29 is 14.6 Å². The number of aliphatic imine (C=N–C) groups is 1. The minimum Gasteiger partial charge on any atom is -0.392 e. The normalized spacial score (nSPS) is 19.1. The molecule has 12 nitrogen and oxygen atoms in total. The number of hydrogen-bond acceptors (Lipinski definition) is 8. The Hall–Kier alpha value is -4.26. The molecule has 3 aromatic heterocycles. The van der Waals surface area contributed by atoms with Gasteiger partial charge in [-0.1, -0.05) is 13.8 Å². The van der Waals surface area contributed by atoms with Gasteiger partial charge in [0.05, 0.1) is 13.2 Å². The number of aryl methyl sites for hydroxylation is 1. The highest BCUT2D eigenvalue weighted by molar-refractivity contribution is 6.06. The molecule has 0 unspecified atom stereocenters. The first-order chi connectivity index (χ1) is 21.6. The Morgan fingerprint density at radius 2 is 2.04 bits per heavy atom. The summed E-state index contributed by atoms with van der Waals surface area (Å²) in [7, 11) is 3.34. The fourth-order valence-corrected chi connectivity index (χ4v) is 6.78. The molecule has 1 saturated heterocycles. The molecule has 3 aromatic rings. The standard InChI is InChI=1S/C33H42N8O4/c1-33(2)16-21-14-27-32(44)41(10-9-40(27)28(21)17-33)30-25(20-42)24(5-6-36-30)22-13-26(31(43)38(3)18-22)37-29(34)15-23-19-39(8-7-35-23)11-12-45-4/h5-6,13-15,18,35,42H,7-12,16-17,19-20H2,1-4H3,(H2,34,37)/b23-15-. The number of piperazine rings is 1. The Kier molecular flexibility index (Phi) is 8.38. The Balaban J connectivity index is 1.30. The van der Waals surface area contributed by atoms with Crippen molar-refractivity contribution in [2.24, 2.45) is 23.2 Å². The number of fused-ring (bicyclic) bond motifs is 3. The number of aliphatic hydroxyl groups excluding tert-OH is 1. The molecule has 12 heteroatoms. The van der Waals surface area contributed by atoms with E-state index in [4.69, 9.17) is 10.5 Å². The van der Waals surface area contributed by atoms with Crippen LogP contribution in [-0.4, -0.2) is 82.3 Å². The van der Waals surface area contributed by atoms with Gasteiger partial charge in [0.15, 0.2) is 0 Å². The Morgan fingerprint density at radius 1 is 1.22 bits per heavy atom. The van der Waals surface area contributed by atoms with Crippen LogP contribution in [0.2, 0.25) is 0 Å². The van der Waals surface area contributed by atoms with Crippen LogP contribution in [0.1, 0.15) is 41.2 Å². The van der Waals surface area contributed by atoms with E-state index in [0.717, 1.165) is 38.2 Å². The number of anilines is 1. The summed E-state index contributed by atoms with van der Waals surface area (Å²) in [5, 5.41) is 13.9. The largest absolute Gasteiger partial charge is 0.392 e.